The molecule has 4 rings (SSSR count). The molecule has 2 fully saturated rings. The summed E-state index contributed by atoms with van der Waals surface area (Å²) >= 11 is 6.92. The molecule has 7 atom stereocenters. The third kappa shape index (κ3) is 3.69. The summed E-state index contributed by atoms with van der Waals surface area (Å²) in [6.07, 6.45) is 10.2. The first-order valence-electron chi connectivity index (χ1n) is 12.5. The first-order chi connectivity index (χ1) is 15.5. The van der Waals surface area contributed by atoms with Gasteiger partial charge in [-0.25, -0.2) is 0 Å². The normalized spacial score (nSPS) is 41.6. The molecule has 4 aliphatic carbocycles. The Bertz CT molecular complexity index is 921. The quantitative estimate of drug-likeness (QED) is 0.462. The van der Waals surface area contributed by atoms with E-state index in [0.29, 0.717) is 18.8 Å². The van der Waals surface area contributed by atoms with Gasteiger partial charge in [0.15, 0.2) is 11.4 Å². The van der Waals surface area contributed by atoms with Crippen molar-refractivity contribution in [3.8, 4) is 0 Å². The van der Waals surface area contributed by atoms with Crippen molar-refractivity contribution in [2.75, 3.05) is 0 Å². The summed E-state index contributed by atoms with van der Waals surface area (Å²) < 4.78 is 11.5. The van der Waals surface area contributed by atoms with Crippen molar-refractivity contribution in [1.29, 1.82) is 0 Å². The summed E-state index contributed by atoms with van der Waals surface area (Å²) in [5.74, 6) is 0.271. The highest BCUT2D eigenvalue weighted by Crippen LogP contribution is 2.68. The molecule has 0 bridgehead atoms. The van der Waals surface area contributed by atoms with Crippen molar-refractivity contribution in [3.63, 3.8) is 0 Å². The Morgan fingerprint density at radius 2 is 1.73 bits per heavy atom. The minimum Gasteiger partial charge on any atom is -0.458 e. The lowest BCUT2D eigenvalue weighted by Crippen LogP contribution is -2.58. The summed E-state index contributed by atoms with van der Waals surface area (Å²) in [5.41, 5.74) is -0.430. The first-order valence-corrected chi connectivity index (χ1v) is 12.9. The molecule has 33 heavy (non-hydrogen) atoms. The highest BCUT2D eigenvalue weighted by Gasteiger charge is 2.67. The smallest absolute Gasteiger partial charge is 0.306 e. The molecule has 0 aromatic carbocycles. The summed E-state index contributed by atoms with van der Waals surface area (Å²) in [6.45, 7) is 9.38. The maximum Gasteiger partial charge on any atom is 0.306 e. The Morgan fingerprint density at radius 1 is 1.03 bits per heavy atom. The zero-order valence-corrected chi connectivity index (χ0v) is 21.3. The Morgan fingerprint density at radius 3 is 2.36 bits per heavy atom. The Labute approximate surface area is 202 Å². The van der Waals surface area contributed by atoms with E-state index < -0.39 is 11.0 Å². The van der Waals surface area contributed by atoms with Gasteiger partial charge < -0.3 is 9.47 Å². The van der Waals surface area contributed by atoms with Gasteiger partial charge in [0.25, 0.3) is 0 Å². The lowest BCUT2D eigenvalue weighted by atomic mass is 9.48. The number of ketones is 1. The molecule has 0 aromatic heterocycles. The SMILES string of the molecule is CCCC(=O)O[C@@H]1C=C2C(Cl)=C[C@@H]3[C@H](CC[C@]4(C)[C@H]3CC[C@]4(OC(C)=O)C(C)=O)[C@@]2(C)CC1. The lowest BCUT2D eigenvalue weighted by molar-refractivity contribution is -0.185. The average Bonchev–Trinajstić information content (AvgIpc) is 3.02. The third-order valence-corrected chi connectivity index (χ3v) is 9.74. The van der Waals surface area contributed by atoms with E-state index in [4.69, 9.17) is 21.1 Å². The number of Topliss-reactive ketones (excluding diaryl/α,β-unsaturated/α-hetero) is 1. The molecule has 5 nitrogen and oxygen atoms in total. The van der Waals surface area contributed by atoms with Crippen molar-refractivity contribution >= 4 is 29.3 Å². The summed E-state index contributed by atoms with van der Waals surface area (Å²) in [7, 11) is 0. The largest absolute Gasteiger partial charge is 0.458 e. The van der Waals surface area contributed by atoms with Crippen LogP contribution in [0.15, 0.2) is 22.8 Å². The van der Waals surface area contributed by atoms with Crippen LogP contribution in [0.3, 0.4) is 0 Å². The van der Waals surface area contributed by atoms with Crippen LogP contribution in [-0.2, 0) is 23.9 Å². The molecule has 0 aliphatic heterocycles. The fraction of sp³-hybridized carbons (Fsp3) is 0.741. The molecule has 6 heteroatoms. The molecule has 0 aromatic rings. The monoisotopic (exact) mass is 476 g/mol. The zero-order valence-electron chi connectivity index (χ0n) is 20.5. The lowest BCUT2D eigenvalue weighted by Gasteiger charge is -2.58. The van der Waals surface area contributed by atoms with E-state index in [9.17, 15) is 14.4 Å². The van der Waals surface area contributed by atoms with Crippen LogP contribution in [0.2, 0.25) is 0 Å². The number of carbonyl (C=O) groups excluding carboxylic acids is 3. The molecule has 0 unspecified atom stereocenters. The fourth-order valence-electron chi connectivity index (χ4n) is 7.79. The standard InChI is InChI=1S/C27H37ClO5/c1-6-7-24(31)32-18-8-11-25(4)20-9-12-26(5)21(19(20)15-23(28)22(25)14-18)10-13-27(26,16(2)29)33-17(3)30/h14-15,18-21H,6-13H2,1-5H3/t18-,19+,20-,21-,25+,26+,27-/m0/s1. The van der Waals surface area contributed by atoms with Crippen LogP contribution in [0.1, 0.15) is 86.0 Å². The minimum absolute atomic E-state index is 0.0479. The second-order valence-electron chi connectivity index (χ2n) is 11.1. The van der Waals surface area contributed by atoms with Gasteiger partial charge in [-0.3, -0.25) is 14.4 Å². The second kappa shape index (κ2) is 8.55. The molecule has 4 aliphatic rings. The van der Waals surface area contributed by atoms with Gasteiger partial charge in [-0.2, -0.15) is 0 Å². The molecule has 182 valence electrons. The van der Waals surface area contributed by atoms with Gasteiger partial charge in [-0.1, -0.05) is 38.4 Å². The number of ether oxygens (including phenoxy) is 2. The van der Waals surface area contributed by atoms with Gasteiger partial charge in [0.1, 0.15) is 6.10 Å². The molecule has 0 amide bonds. The van der Waals surface area contributed by atoms with E-state index in [-0.39, 0.29) is 41.1 Å². The molecule has 2 saturated carbocycles. The van der Waals surface area contributed by atoms with Crippen LogP contribution >= 0.6 is 11.6 Å². The summed E-state index contributed by atoms with van der Waals surface area (Å²) in [4.78, 5) is 36.9. The molecular formula is C27H37ClO5. The van der Waals surface area contributed by atoms with Crippen molar-refractivity contribution in [3.05, 3.63) is 22.8 Å². The number of hydrogen-bond donors (Lipinski definition) is 0. The van der Waals surface area contributed by atoms with Crippen LogP contribution in [-0.4, -0.2) is 29.4 Å². The van der Waals surface area contributed by atoms with Crippen LogP contribution in [0.4, 0.5) is 0 Å². The molecule has 0 saturated heterocycles. The van der Waals surface area contributed by atoms with Crippen molar-refractivity contribution in [1.82, 2.24) is 0 Å². The number of esters is 2. The van der Waals surface area contributed by atoms with E-state index >= 15 is 0 Å². The highest BCUT2D eigenvalue weighted by atomic mass is 35.5. The van der Waals surface area contributed by atoms with Crippen LogP contribution in [0.5, 0.6) is 0 Å². The fourth-order valence-corrected chi connectivity index (χ4v) is 8.22. The predicted octanol–water partition coefficient (Wildman–Crippen LogP) is 5.89. The number of halogens is 1. The third-order valence-electron chi connectivity index (χ3n) is 9.41. The number of carbonyl (C=O) groups is 3. The maximum atomic E-state index is 12.9. The van der Waals surface area contributed by atoms with Gasteiger partial charge in [-0.05, 0) is 86.7 Å². The van der Waals surface area contributed by atoms with Gasteiger partial charge in [0, 0.05) is 23.8 Å². The van der Waals surface area contributed by atoms with Crippen molar-refractivity contribution in [2.24, 2.45) is 28.6 Å². The van der Waals surface area contributed by atoms with Crippen molar-refractivity contribution < 1.29 is 23.9 Å². The summed E-state index contributed by atoms with van der Waals surface area (Å²) in [6, 6.07) is 0. The van der Waals surface area contributed by atoms with Gasteiger partial charge in [0.2, 0.25) is 0 Å². The topological polar surface area (TPSA) is 69.7 Å². The minimum atomic E-state index is -1.04. The second-order valence-corrected chi connectivity index (χ2v) is 11.5. The Kier molecular flexibility index (Phi) is 6.35. The van der Waals surface area contributed by atoms with E-state index in [2.05, 4.69) is 26.0 Å². The number of hydrogen-bond acceptors (Lipinski definition) is 5. The molecule has 0 spiro atoms. The van der Waals surface area contributed by atoms with Crippen LogP contribution < -0.4 is 0 Å². The number of rotatable bonds is 5. The maximum absolute atomic E-state index is 12.9. The van der Waals surface area contributed by atoms with E-state index in [0.717, 1.165) is 49.1 Å². The molecule has 0 N–H and O–H groups in total. The summed E-state index contributed by atoms with van der Waals surface area (Å²) in [5, 5.41) is 0.743. The molecule has 0 heterocycles. The molecule has 0 radical (unpaired) electrons. The predicted molar refractivity (Wildman–Crippen MR) is 126 cm³/mol. The Hall–Kier alpha value is -1.62. The van der Waals surface area contributed by atoms with Gasteiger partial charge in [-0.15, -0.1) is 0 Å². The van der Waals surface area contributed by atoms with Gasteiger partial charge in [0.05, 0.1) is 0 Å². The van der Waals surface area contributed by atoms with Crippen molar-refractivity contribution in [2.45, 2.75) is 97.7 Å². The van der Waals surface area contributed by atoms with Crippen LogP contribution in [0, 0.1) is 28.6 Å². The first kappa shape index (κ1) is 24.5. The van der Waals surface area contributed by atoms with Crippen LogP contribution in [0.25, 0.3) is 0 Å². The Balaban J connectivity index is 1.68. The van der Waals surface area contributed by atoms with E-state index in [1.807, 2.05) is 6.92 Å². The number of fused-ring (bicyclic) bond motifs is 5. The van der Waals surface area contributed by atoms with Gasteiger partial charge >= 0.3 is 11.9 Å². The number of allylic oxidation sites excluding steroid dienone is 3. The average molecular weight is 477 g/mol. The zero-order chi connectivity index (χ0) is 24.2. The highest BCUT2D eigenvalue weighted by molar-refractivity contribution is 6.32. The van der Waals surface area contributed by atoms with E-state index in [1.165, 1.54) is 6.92 Å². The molecular weight excluding hydrogens is 440 g/mol. The van der Waals surface area contributed by atoms with E-state index in [1.54, 1.807) is 6.92 Å².